The third-order valence-corrected chi connectivity index (χ3v) is 3.26. The molecule has 1 atom stereocenters. The molecule has 0 spiro atoms. The fraction of sp³-hybridized carbons (Fsp3) is 0.333. The second kappa shape index (κ2) is 6.38. The molecule has 0 saturated heterocycles. The highest BCUT2D eigenvalue weighted by Crippen LogP contribution is 2.20. The van der Waals surface area contributed by atoms with Crippen molar-refractivity contribution in [3.63, 3.8) is 0 Å². The molecule has 1 aromatic carbocycles. The average Bonchev–Trinajstić information content (AvgIpc) is 2.40. The van der Waals surface area contributed by atoms with E-state index in [9.17, 15) is 9.18 Å². The Hall–Kier alpha value is -1.82. The van der Waals surface area contributed by atoms with Gasteiger partial charge in [-0.2, -0.15) is 0 Å². The van der Waals surface area contributed by atoms with E-state index in [0.29, 0.717) is 0 Å². The first-order valence-electron chi connectivity index (χ1n) is 5.54. The van der Waals surface area contributed by atoms with Crippen molar-refractivity contribution in [2.75, 3.05) is 7.05 Å². The number of amidine groups is 1. The van der Waals surface area contributed by atoms with Gasteiger partial charge in [-0.05, 0) is 19.1 Å². The molecule has 0 aromatic heterocycles. The van der Waals surface area contributed by atoms with Gasteiger partial charge in [0.25, 0.3) is 0 Å². The number of rotatable bonds is 4. The van der Waals surface area contributed by atoms with Crippen LogP contribution in [0.4, 0.5) is 4.39 Å². The summed E-state index contributed by atoms with van der Waals surface area (Å²) in [6, 6.07) is 3.62. The van der Waals surface area contributed by atoms with Crippen molar-refractivity contribution in [2.24, 2.45) is 10.9 Å². The first-order valence-corrected chi connectivity index (χ1v) is 5.92. The SMILES string of the molecule is CC(C(N)=NO)N(C)C(=O)Cc1c(F)cccc1Cl. The molecule has 0 radical (unpaired) electrons. The highest BCUT2D eigenvalue weighted by molar-refractivity contribution is 6.31. The van der Waals surface area contributed by atoms with E-state index in [1.807, 2.05) is 0 Å². The number of halogens is 2. The predicted octanol–water partition coefficient (Wildman–Crippen LogP) is 1.61. The Morgan fingerprint density at radius 3 is 2.79 bits per heavy atom. The summed E-state index contributed by atoms with van der Waals surface area (Å²) in [5.41, 5.74) is 5.55. The van der Waals surface area contributed by atoms with Crippen LogP contribution in [0.2, 0.25) is 5.02 Å². The fourth-order valence-electron chi connectivity index (χ4n) is 1.48. The van der Waals surface area contributed by atoms with Crippen molar-refractivity contribution in [2.45, 2.75) is 19.4 Å². The van der Waals surface area contributed by atoms with Crippen LogP contribution in [0.15, 0.2) is 23.4 Å². The van der Waals surface area contributed by atoms with Gasteiger partial charge < -0.3 is 15.8 Å². The van der Waals surface area contributed by atoms with Gasteiger partial charge >= 0.3 is 0 Å². The lowest BCUT2D eigenvalue weighted by atomic mass is 10.1. The lowest BCUT2D eigenvalue weighted by Gasteiger charge is -2.24. The number of hydrogen-bond donors (Lipinski definition) is 2. The molecule has 19 heavy (non-hydrogen) atoms. The molecule has 0 fully saturated rings. The third-order valence-electron chi connectivity index (χ3n) is 2.91. The summed E-state index contributed by atoms with van der Waals surface area (Å²) >= 11 is 5.85. The molecule has 7 heteroatoms. The quantitative estimate of drug-likeness (QED) is 0.382. The maximum absolute atomic E-state index is 13.6. The van der Waals surface area contributed by atoms with Crippen molar-refractivity contribution in [3.8, 4) is 0 Å². The zero-order chi connectivity index (χ0) is 14.6. The fourth-order valence-corrected chi connectivity index (χ4v) is 1.70. The van der Waals surface area contributed by atoms with E-state index < -0.39 is 11.9 Å². The van der Waals surface area contributed by atoms with Crippen LogP contribution in [0.1, 0.15) is 12.5 Å². The molecule has 0 saturated carbocycles. The number of likely N-dealkylation sites (N-methyl/N-ethyl adjacent to an activating group) is 1. The van der Waals surface area contributed by atoms with Crippen LogP contribution in [0.25, 0.3) is 0 Å². The van der Waals surface area contributed by atoms with Gasteiger partial charge in [-0.15, -0.1) is 0 Å². The summed E-state index contributed by atoms with van der Waals surface area (Å²) in [7, 11) is 1.49. The van der Waals surface area contributed by atoms with Crippen LogP contribution in [-0.4, -0.2) is 34.9 Å². The first-order chi connectivity index (χ1) is 8.88. The molecule has 1 rings (SSSR count). The smallest absolute Gasteiger partial charge is 0.227 e. The standard InChI is InChI=1S/C12H15ClFN3O2/c1-7(12(15)16-19)17(2)11(18)6-8-9(13)4-3-5-10(8)14/h3-5,7,19H,6H2,1-2H3,(H2,15,16). The highest BCUT2D eigenvalue weighted by atomic mass is 35.5. The average molecular weight is 288 g/mol. The minimum atomic E-state index is -0.594. The van der Waals surface area contributed by atoms with Crippen LogP contribution < -0.4 is 5.73 Å². The van der Waals surface area contributed by atoms with Crippen molar-refractivity contribution < 1.29 is 14.4 Å². The monoisotopic (exact) mass is 287 g/mol. The van der Waals surface area contributed by atoms with Gasteiger partial charge in [0, 0.05) is 17.6 Å². The molecular weight excluding hydrogens is 273 g/mol. The Morgan fingerprint density at radius 1 is 1.63 bits per heavy atom. The summed E-state index contributed by atoms with van der Waals surface area (Å²) in [5, 5.41) is 11.6. The van der Waals surface area contributed by atoms with Crippen LogP contribution in [-0.2, 0) is 11.2 Å². The minimum Gasteiger partial charge on any atom is -0.409 e. The van der Waals surface area contributed by atoms with Gasteiger partial charge in [-0.3, -0.25) is 4.79 Å². The van der Waals surface area contributed by atoms with Gasteiger partial charge in [-0.1, -0.05) is 22.8 Å². The number of carbonyl (C=O) groups excluding carboxylic acids is 1. The highest BCUT2D eigenvalue weighted by Gasteiger charge is 2.21. The van der Waals surface area contributed by atoms with Crippen LogP contribution in [0.3, 0.4) is 0 Å². The van der Waals surface area contributed by atoms with Crippen molar-refractivity contribution in [3.05, 3.63) is 34.6 Å². The molecule has 1 amide bonds. The topological polar surface area (TPSA) is 78.9 Å². The number of nitrogens with two attached hydrogens (primary N) is 1. The molecule has 5 nitrogen and oxygen atoms in total. The second-order valence-corrected chi connectivity index (χ2v) is 4.49. The predicted molar refractivity (Wildman–Crippen MR) is 70.8 cm³/mol. The van der Waals surface area contributed by atoms with Crippen LogP contribution >= 0.6 is 11.6 Å². The third kappa shape index (κ3) is 3.57. The molecule has 1 aromatic rings. The molecule has 0 aliphatic heterocycles. The van der Waals surface area contributed by atoms with Crippen molar-refractivity contribution in [1.82, 2.24) is 4.90 Å². The Labute approximate surface area is 115 Å². The van der Waals surface area contributed by atoms with E-state index in [1.54, 1.807) is 6.92 Å². The Bertz CT molecular complexity index is 487. The zero-order valence-electron chi connectivity index (χ0n) is 10.6. The molecule has 104 valence electrons. The molecule has 0 aliphatic carbocycles. The number of benzene rings is 1. The Kier molecular flexibility index (Phi) is 5.11. The second-order valence-electron chi connectivity index (χ2n) is 4.08. The summed E-state index contributed by atoms with van der Waals surface area (Å²) in [6.45, 7) is 1.59. The summed E-state index contributed by atoms with van der Waals surface area (Å²) in [4.78, 5) is 13.2. The van der Waals surface area contributed by atoms with Crippen molar-refractivity contribution >= 4 is 23.3 Å². The molecule has 0 aliphatic rings. The lowest BCUT2D eigenvalue weighted by molar-refractivity contribution is -0.129. The number of amides is 1. The summed E-state index contributed by atoms with van der Waals surface area (Å²) in [6.07, 6.45) is -0.189. The van der Waals surface area contributed by atoms with Gasteiger partial charge in [-0.25, -0.2) is 4.39 Å². The zero-order valence-corrected chi connectivity index (χ0v) is 11.4. The van der Waals surface area contributed by atoms with E-state index in [1.165, 1.54) is 30.1 Å². The van der Waals surface area contributed by atoms with E-state index in [2.05, 4.69) is 5.16 Å². The Balaban J connectivity index is 2.86. The van der Waals surface area contributed by atoms with E-state index in [-0.39, 0.29) is 28.7 Å². The summed E-state index contributed by atoms with van der Waals surface area (Å²) in [5.74, 6) is -1.02. The van der Waals surface area contributed by atoms with Crippen LogP contribution in [0.5, 0.6) is 0 Å². The van der Waals surface area contributed by atoms with Gasteiger partial charge in [0.2, 0.25) is 5.91 Å². The van der Waals surface area contributed by atoms with Crippen LogP contribution in [0, 0.1) is 5.82 Å². The lowest BCUT2D eigenvalue weighted by Crippen LogP contribution is -2.44. The Morgan fingerprint density at radius 2 is 2.26 bits per heavy atom. The molecular formula is C12H15ClFN3O2. The molecule has 0 heterocycles. The molecule has 3 N–H and O–H groups in total. The first kappa shape index (κ1) is 15.2. The maximum Gasteiger partial charge on any atom is 0.227 e. The van der Waals surface area contributed by atoms with Gasteiger partial charge in [0.15, 0.2) is 5.84 Å². The molecule has 1 unspecified atom stereocenters. The van der Waals surface area contributed by atoms with E-state index in [4.69, 9.17) is 22.5 Å². The number of hydrogen-bond acceptors (Lipinski definition) is 3. The number of nitrogens with zero attached hydrogens (tertiary/aromatic N) is 2. The van der Waals surface area contributed by atoms with Gasteiger partial charge in [0.1, 0.15) is 5.82 Å². The number of carbonyl (C=O) groups is 1. The van der Waals surface area contributed by atoms with E-state index in [0.717, 1.165) is 0 Å². The summed E-state index contributed by atoms with van der Waals surface area (Å²) < 4.78 is 13.6. The van der Waals surface area contributed by atoms with E-state index >= 15 is 0 Å². The maximum atomic E-state index is 13.6. The van der Waals surface area contributed by atoms with Gasteiger partial charge in [0.05, 0.1) is 12.5 Å². The number of oxime groups is 1. The normalized spacial score (nSPS) is 13.2. The largest absolute Gasteiger partial charge is 0.409 e. The van der Waals surface area contributed by atoms with Crippen molar-refractivity contribution in [1.29, 1.82) is 0 Å². The minimum absolute atomic E-state index is 0.101. The molecule has 0 bridgehead atoms.